The second-order valence-corrected chi connectivity index (χ2v) is 6.96. The lowest BCUT2D eigenvalue weighted by Gasteiger charge is -2.28. The average molecular weight is 410 g/mol. The molecule has 0 bridgehead atoms. The lowest BCUT2D eigenvalue weighted by molar-refractivity contribution is -0.166. The summed E-state index contributed by atoms with van der Waals surface area (Å²) in [6.45, 7) is 6.08. The van der Waals surface area contributed by atoms with Crippen molar-refractivity contribution in [3.8, 4) is 17.2 Å². The van der Waals surface area contributed by atoms with Crippen LogP contribution in [0.5, 0.6) is 5.75 Å². The van der Waals surface area contributed by atoms with E-state index in [0.717, 1.165) is 11.1 Å². The van der Waals surface area contributed by atoms with Crippen LogP contribution in [-0.2, 0) is 22.6 Å². The van der Waals surface area contributed by atoms with Gasteiger partial charge in [0.2, 0.25) is 5.89 Å². The van der Waals surface area contributed by atoms with Crippen LogP contribution in [0.1, 0.15) is 37.3 Å². The van der Waals surface area contributed by atoms with Crippen molar-refractivity contribution in [1.29, 1.82) is 0 Å². The number of ether oxygens (including phenoxy) is 2. The molecule has 1 N–H and O–H groups in total. The summed E-state index contributed by atoms with van der Waals surface area (Å²) in [5, 5.41) is 9.62. The molecule has 0 saturated heterocycles. The molecular weight excluding hydrogens is 384 g/mol. The molecule has 158 valence electrons. The quantitative estimate of drug-likeness (QED) is 0.528. The summed E-state index contributed by atoms with van der Waals surface area (Å²) in [5.74, 6) is 0.919. The minimum absolute atomic E-state index is 0.266. The summed E-state index contributed by atoms with van der Waals surface area (Å²) >= 11 is 0. The number of benzene rings is 1. The molecule has 1 aromatic carbocycles. The molecular formula is C23H26N2O5. The van der Waals surface area contributed by atoms with Crippen molar-refractivity contribution in [3.05, 3.63) is 65.8 Å². The van der Waals surface area contributed by atoms with Gasteiger partial charge >= 0.3 is 5.97 Å². The molecule has 0 aliphatic heterocycles. The highest BCUT2D eigenvalue weighted by atomic mass is 16.5. The lowest BCUT2D eigenvalue weighted by Crippen LogP contribution is -2.43. The number of hydrogen-bond acceptors (Lipinski definition) is 6. The van der Waals surface area contributed by atoms with Crippen LogP contribution < -0.4 is 4.74 Å². The van der Waals surface area contributed by atoms with Crippen LogP contribution in [0.2, 0.25) is 0 Å². The summed E-state index contributed by atoms with van der Waals surface area (Å²) in [5.41, 5.74) is 1.18. The minimum Gasteiger partial charge on any atom is -0.487 e. The lowest BCUT2D eigenvalue weighted by atomic mass is 9.91. The minimum atomic E-state index is -1.21. The van der Waals surface area contributed by atoms with E-state index in [1.54, 1.807) is 19.3 Å². The van der Waals surface area contributed by atoms with Crippen LogP contribution in [0.4, 0.5) is 0 Å². The highest BCUT2D eigenvalue weighted by Gasteiger charge is 2.37. The number of rotatable bonds is 10. The summed E-state index contributed by atoms with van der Waals surface area (Å²) in [6, 6.07) is 11.1. The Labute approximate surface area is 175 Å². The van der Waals surface area contributed by atoms with Gasteiger partial charge in [0, 0.05) is 25.4 Å². The fourth-order valence-electron chi connectivity index (χ4n) is 3.20. The van der Waals surface area contributed by atoms with E-state index >= 15 is 0 Å². The molecule has 2 heterocycles. The van der Waals surface area contributed by atoms with Crippen molar-refractivity contribution in [1.82, 2.24) is 9.97 Å². The van der Waals surface area contributed by atoms with E-state index in [2.05, 4.69) is 9.97 Å². The Hall–Kier alpha value is -3.19. The number of carboxylic acid groups (broad SMARTS) is 1. The molecule has 0 aliphatic rings. The predicted octanol–water partition coefficient (Wildman–Crippen LogP) is 4.44. The first-order chi connectivity index (χ1) is 14.5. The van der Waals surface area contributed by atoms with Crippen molar-refractivity contribution in [3.63, 3.8) is 0 Å². The van der Waals surface area contributed by atoms with Crippen LogP contribution in [0, 0.1) is 6.92 Å². The largest absolute Gasteiger partial charge is 0.487 e. The first-order valence-corrected chi connectivity index (χ1v) is 9.93. The van der Waals surface area contributed by atoms with Crippen LogP contribution >= 0.6 is 0 Å². The standard InChI is InChI=1S/C23H26N2O5/c1-4-23(22(26)27,29-5-2)13-17-8-10-19(11-9-17)28-15-20-16(3)30-21(25-20)18-7-6-12-24-14-18/h6-12,14H,4-5,13,15H2,1-3H3,(H,26,27)/t23-/m0/s1. The number of aliphatic carboxylic acids is 1. The Kier molecular flexibility index (Phi) is 6.84. The van der Waals surface area contributed by atoms with Crippen molar-refractivity contribution in [2.45, 2.75) is 45.8 Å². The van der Waals surface area contributed by atoms with Gasteiger partial charge in [-0.2, -0.15) is 0 Å². The molecule has 0 saturated carbocycles. The zero-order valence-corrected chi connectivity index (χ0v) is 17.4. The van der Waals surface area contributed by atoms with E-state index in [9.17, 15) is 9.90 Å². The number of carbonyl (C=O) groups is 1. The van der Waals surface area contributed by atoms with Gasteiger partial charge in [0.25, 0.3) is 0 Å². The Bertz CT molecular complexity index is 969. The molecule has 7 nitrogen and oxygen atoms in total. The average Bonchev–Trinajstić information content (AvgIpc) is 3.14. The third kappa shape index (κ3) is 4.86. The maximum atomic E-state index is 11.7. The number of aryl methyl sites for hydroxylation is 1. The summed E-state index contributed by atoms with van der Waals surface area (Å²) < 4.78 is 17.1. The summed E-state index contributed by atoms with van der Waals surface area (Å²) in [7, 11) is 0. The van der Waals surface area contributed by atoms with Crippen LogP contribution in [0.15, 0.2) is 53.2 Å². The Morgan fingerprint density at radius 3 is 2.57 bits per heavy atom. The van der Waals surface area contributed by atoms with E-state index in [-0.39, 0.29) is 6.61 Å². The zero-order valence-electron chi connectivity index (χ0n) is 17.4. The highest BCUT2D eigenvalue weighted by molar-refractivity contribution is 5.78. The van der Waals surface area contributed by atoms with Crippen molar-refractivity contribution in [2.24, 2.45) is 0 Å². The van der Waals surface area contributed by atoms with Gasteiger partial charge in [-0.25, -0.2) is 9.78 Å². The Balaban J connectivity index is 1.65. The van der Waals surface area contributed by atoms with Gasteiger partial charge in [-0.05, 0) is 50.1 Å². The van der Waals surface area contributed by atoms with Crippen molar-refractivity contribution in [2.75, 3.05) is 6.61 Å². The first kappa shape index (κ1) is 21.5. The molecule has 7 heteroatoms. The number of hydrogen-bond donors (Lipinski definition) is 1. The van der Waals surface area contributed by atoms with Crippen molar-refractivity contribution >= 4 is 5.97 Å². The number of nitrogens with zero attached hydrogens (tertiary/aromatic N) is 2. The van der Waals surface area contributed by atoms with Gasteiger partial charge < -0.3 is 19.0 Å². The third-order valence-corrected chi connectivity index (χ3v) is 4.97. The number of carboxylic acids is 1. The Morgan fingerprint density at radius 1 is 1.20 bits per heavy atom. The third-order valence-electron chi connectivity index (χ3n) is 4.97. The van der Waals surface area contributed by atoms with Gasteiger partial charge in [-0.3, -0.25) is 4.98 Å². The fraction of sp³-hybridized carbons (Fsp3) is 0.348. The molecule has 0 unspecified atom stereocenters. The summed E-state index contributed by atoms with van der Waals surface area (Å²) in [4.78, 5) is 20.3. The van der Waals surface area contributed by atoms with E-state index in [1.807, 2.05) is 50.2 Å². The second-order valence-electron chi connectivity index (χ2n) is 6.96. The van der Waals surface area contributed by atoms with E-state index in [1.165, 1.54) is 0 Å². The SMILES string of the molecule is CCO[C@@](CC)(Cc1ccc(OCc2nc(-c3cccnc3)oc2C)cc1)C(=O)O. The maximum absolute atomic E-state index is 11.7. The van der Waals surface area contributed by atoms with Gasteiger partial charge in [-0.15, -0.1) is 0 Å². The first-order valence-electron chi connectivity index (χ1n) is 9.93. The zero-order chi connectivity index (χ0) is 21.6. The molecule has 2 aromatic heterocycles. The molecule has 3 aromatic rings. The van der Waals surface area contributed by atoms with Gasteiger partial charge in [-0.1, -0.05) is 19.1 Å². The van der Waals surface area contributed by atoms with E-state index < -0.39 is 11.6 Å². The molecule has 1 atom stereocenters. The smallest absolute Gasteiger partial charge is 0.336 e. The van der Waals surface area contributed by atoms with Gasteiger partial charge in [0.15, 0.2) is 5.60 Å². The molecule has 0 fully saturated rings. The normalized spacial score (nSPS) is 13.0. The topological polar surface area (TPSA) is 94.7 Å². The Morgan fingerprint density at radius 2 is 1.97 bits per heavy atom. The second kappa shape index (κ2) is 9.54. The summed E-state index contributed by atoms with van der Waals surface area (Å²) in [6.07, 6.45) is 4.08. The van der Waals surface area contributed by atoms with Gasteiger partial charge in [0.1, 0.15) is 23.8 Å². The number of pyridine rings is 1. The molecule has 0 spiro atoms. The monoisotopic (exact) mass is 410 g/mol. The maximum Gasteiger partial charge on any atom is 0.336 e. The van der Waals surface area contributed by atoms with Crippen LogP contribution in [0.3, 0.4) is 0 Å². The molecule has 30 heavy (non-hydrogen) atoms. The highest BCUT2D eigenvalue weighted by Crippen LogP contribution is 2.25. The number of oxazole rings is 1. The van der Waals surface area contributed by atoms with E-state index in [0.29, 0.717) is 42.5 Å². The fourth-order valence-corrected chi connectivity index (χ4v) is 3.20. The molecule has 0 amide bonds. The van der Waals surface area contributed by atoms with E-state index in [4.69, 9.17) is 13.9 Å². The number of aromatic nitrogens is 2. The molecule has 0 aliphatic carbocycles. The van der Waals surface area contributed by atoms with Crippen LogP contribution in [0.25, 0.3) is 11.5 Å². The molecule has 3 rings (SSSR count). The van der Waals surface area contributed by atoms with Gasteiger partial charge in [0.05, 0.1) is 5.56 Å². The predicted molar refractivity (Wildman–Crippen MR) is 111 cm³/mol. The van der Waals surface area contributed by atoms with Crippen LogP contribution in [-0.4, -0.2) is 33.3 Å². The van der Waals surface area contributed by atoms with Crippen molar-refractivity contribution < 1.29 is 23.8 Å². The molecule has 0 radical (unpaired) electrons.